The van der Waals surface area contributed by atoms with E-state index in [9.17, 15) is 13.6 Å². The molecule has 1 aliphatic rings. The minimum atomic E-state index is -1.08. The van der Waals surface area contributed by atoms with Gasteiger partial charge in [0.05, 0.1) is 17.2 Å². The van der Waals surface area contributed by atoms with Crippen LogP contribution in [0, 0.1) is 18.6 Å². The Hall–Kier alpha value is -2.81. The number of amides is 1. The van der Waals surface area contributed by atoms with E-state index in [2.05, 4.69) is 15.8 Å². The van der Waals surface area contributed by atoms with Crippen molar-refractivity contribution in [1.29, 1.82) is 0 Å². The number of allylic oxidation sites excluding steroid dienone is 1. The van der Waals surface area contributed by atoms with E-state index in [4.69, 9.17) is 16.7 Å². The number of nitrogens with one attached hydrogen (secondary N) is 2. The fraction of sp³-hybridized carbons (Fsp3) is 0.235. The van der Waals surface area contributed by atoms with Gasteiger partial charge in [0.25, 0.3) is 5.91 Å². The zero-order valence-corrected chi connectivity index (χ0v) is 15.1. The zero-order chi connectivity index (χ0) is 19.0. The van der Waals surface area contributed by atoms with Gasteiger partial charge in [-0.2, -0.15) is 0 Å². The SMILES string of the molecule is CC1=C(C(=O)Nc2cc(C)on2)[C@@H](c2c(F)cccc2F)NC(=S)N1C. The van der Waals surface area contributed by atoms with Gasteiger partial charge < -0.3 is 20.1 Å². The highest BCUT2D eigenvalue weighted by molar-refractivity contribution is 7.80. The molecule has 26 heavy (non-hydrogen) atoms. The van der Waals surface area contributed by atoms with Crippen molar-refractivity contribution in [3.63, 3.8) is 0 Å². The molecule has 3 rings (SSSR count). The van der Waals surface area contributed by atoms with Crippen molar-refractivity contribution >= 4 is 29.1 Å². The van der Waals surface area contributed by atoms with Crippen LogP contribution in [0.15, 0.2) is 40.1 Å². The molecule has 1 aliphatic heterocycles. The Morgan fingerprint density at radius 2 is 2.00 bits per heavy atom. The summed E-state index contributed by atoms with van der Waals surface area (Å²) in [5, 5.41) is 9.37. The Bertz CT molecular complexity index is 905. The highest BCUT2D eigenvalue weighted by atomic mass is 32.1. The van der Waals surface area contributed by atoms with Gasteiger partial charge in [0.2, 0.25) is 0 Å². The number of carbonyl (C=O) groups is 1. The highest BCUT2D eigenvalue weighted by Gasteiger charge is 2.35. The fourth-order valence-electron chi connectivity index (χ4n) is 2.74. The summed E-state index contributed by atoms with van der Waals surface area (Å²) in [6.45, 7) is 3.33. The Balaban J connectivity index is 2.07. The first-order valence-corrected chi connectivity index (χ1v) is 8.14. The average Bonchev–Trinajstić information content (AvgIpc) is 2.97. The Kier molecular flexibility index (Phi) is 4.73. The second-order valence-electron chi connectivity index (χ2n) is 5.85. The summed E-state index contributed by atoms with van der Waals surface area (Å²) >= 11 is 5.22. The molecule has 2 N–H and O–H groups in total. The molecule has 6 nitrogen and oxygen atoms in total. The van der Waals surface area contributed by atoms with Gasteiger partial charge in [-0.05, 0) is 38.2 Å². The van der Waals surface area contributed by atoms with Crippen LogP contribution < -0.4 is 10.6 Å². The van der Waals surface area contributed by atoms with E-state index in [-0.39, 0.29) is 22.1 Å². The zero-order valence-electron chi connectivity index (χ0n) is 14.3. The molecule has 1 atom stereocenters. The van der Waals surface area contributed by atoms with E-state index in [0.29, 0.717) is 11.5 Å². The molecule has 0 aliphatic carbocycles. The van der Waals surface area contributed by atoms with Crippen LogP contribution in [0.1, 0.15) is 24.3 Å². The third-order valence-electron chi connectivity index (χ3n) is 4.16. The summed E-state index contributed by atoms with van der Waals surface area (Å²) in [5.41, 5.74) is 0.327. The normalized spacial score (nSPS) is 17.3. The predicted molar refractivity (Wildman–Crippen MR) is 95.2 cm³/mol. The molecule has 0 fully saturated rings. The molecule has 1 aromatic carbocycles. The largest absolute Gasteiger partial charge is 0.360 e. The molecular weight excluding hydrogens is 362 g/mol. The van der Waals surface area contributed by atoms with E-state index in [1.807, 2.05) is 0 Å². The number of carbonyl (C=O) groups excluding carboxylic acids is 1. The van der Waals surface area contributed by atoms with Gasteiger partial charge in [-0.15, -0.1) is 0 Å². The Labute approximate surface area is 153 Å². The minimum Gasteiger partial charge on any atom is -0.360 e. The summed E-state index contributed by atoms with van der Waals surface area (Å²) in [5.74, 6) is -1.39. The fourth-order valence-corrected chi connectivity index (χ4v) is 3.00. The van der Waals surface area contributed by atoms with Gasteiger partial charge in [-0.3, -0.25) is 4.79 Å². The van der Waals surface area contributed by atoms with Crippen LogP contribution in [-0.2, 0) is 4.79 Å². The van der Waals surface area contributed by atoms with Crippen LogP contribution in [0.5, 0.6) is 0 Å². The maximum atomic E-state index is 14.3. The molecule has 136 valence electrons. The van der Waals surface area contributed by atoms with Crippen molar-refractivity contribution in [1.82, 2.24) is 15.4 Å². The minimum absolute atomic E-state index is 0.130. The van der Waals surface area contributed by atoms with Gasteiger partial charge in [-0.25, -0.2) is 8.78 Å². The van der Waals surface area contributed by atoms with Crippen LogP contribution >= 0.6 is 12.2 Å². The lowest BCUT2D eigenvalue weighted by Gasteiger charge is -2.35. The Morgan fingerprint density at radius 1 is 1.35 bits per heavy atom. The summed E-state index contributed by atoms with van der Waals surface area (Å²) in [6.07, 6.45) is 0. The van der Waals surface area contributed by atoms with E-state index in [1.54, 1.807) is 25.8 Å². The van der Waals surface area contributed by atoms with Crippen LogP contribution in [0.25, 0.3) is 0 Å². The first-order valence-electron chi connectivity index (χ1n) is 7.73. The number of hydrogen-bond acceptors (Lipinski definition) is 4. The molecule has 1 amide bonds. The van der Waals surface area contributed by atoms with Crippen molar-refractivity contribution in [3.05, 3.63) is 58.5 Å². The first kappa shape index (κ1) is 18.0. The van der Waals surface area contributed by atoms with Gasteiger partial charge in [0.15, 0.2) is 10.9 Å². The second kappa shape index (κ2) is 6.83. The maximum absolute atomic E-state index is 14.3. The van der Waals surface area contributed by atoms with E-state index in [1.165, 1.54) is 12.1 Å². The van der Waals surface area contributed by atoms with Crippen molar-refractivity contribution in [2.24, 2.45) is 0 Å². The molecule has 0 spiro atoms. The highest BCUT2D eigenvalue weighted by Crippen LogP contribution is 2.33. The van der Waals surface area contributed by atoms with Crippen LogP contribution in [-0.4, -0.2) is 28.1 Å². The molecule has 0 bridgehead atoms. The lowest BCUT2D eigenvalue weighted by molar-refractivity contribution is -0.113. The van der Waals surface area contributed by atoms with Crippen molar-refractivity contribution < 1.29 is 18.1 Å². The lowest BCUT2D eigenvalue weighted by Crippen LogP contribution is -2.47. The van der Waals surface area contributed by atoms with Gasteiger partial charge in [-0.1, -0.05) is 11.2 Å². The third kappa shape index (κ3) is 3.17. The number of rotatable bonds is 3. The van der Waals surface area contributed by atoms with Gasteiger partial charge >= 0.3 is 0 Å². The van der Waals surface area contributed by atoms with E-state index in [0.717, 1.165) is 12.1 Å². The van der Waals surface area contributed by atoms with Crippen molar-refractivity contribution in [3.8, 4) is 0 Å². The van der Waals surface area contributed by atoms with E-state index < -0.39 is 23.6 Å². The van der Waals surface area contributed by atoms with Crippen LogP contribution in [0.2, 0.25) is 0 Å². The summed E-state index contributed by atoms with van der Waals surface area (Å²) in [6, 6.07) is 3.99. The topological polar surface area (TPSA) is 70.4 Å². The standard InChI is InChI=1S/C17H16F2N4O2S/c1-8-7-12(22-25-8)20-16(24)13-9(2)23(3)17(26)21-15(13)14-10(18)5-4-6-11(14)19/h4-7,15H,1-3H3,(H,21,26)(H,20,22,24)/t15-/m0/s1. The second-order valence-corrected chi connectivity index (χ2v) is 6.24. The van der Waals surface area contributed by atoms with Crippen LogP contribution in [0.3, 0.4) is 0 Å². The molecule has 0 saturated heterocycles. The predicted octanol–water partition coefficient (Wildman–Crippen LogP) is 3.03. The number of hydrogen-bond donors (Lipinski definition) is 2. The van der Waals surface area contributed by atoms with Crippen LogP contribution in [0.4, 0.5) is 14.6 Å². The number of halogens is 2. The molecular formula is C17H16F2N4O2S. The number of aromatic nitrogens is 1. The van der Waals surface area contributed by atoms with Gasteiger partial charge in [0, 0.05) is 18.8 Å². The summed E-state index contributed by atoms with van der Waals surface area (Å²) < 4.78 is 33.6. The number of thiocarbonyl (C=S) groups is 1. The average molecular weight is 378 g/mol. The molecule has 9 heteroatoms. The quantitative estimate of drug-likeness (QED) is 0.800. The van der Waals surface area contributed by atoms with Crippen molar-refractivity contribution in [2.75, 3.05) is 12.4 Å². The van der Waals surface area contributed by atoms with E-state index >= 15 is 0 Å². The molecule has 2 aromatic rings. The third-order valence-corrected chi connectivity index (χ3v) is 4.55. The van der Waals surface area contributed by atoms with Crippen molar-refractivity contribution in [2.45, 2.75) is 19.9 Å². The summed E-state index contributed by atoms with van der Waals surface area (Å²) in [4.78, 5) is 14.4. The molecule has 0 saturated carbocycles. The van der Waals surface area contributed by atoms with Gasteiger partial charge in [0.1, 0.15) is 17.4 Å². The maximum Gasteiger partial charge on any atom is 0.257 e. The smallest absolute Gasteiger partial charge is 0.257 e. The first-order chi connectivity index (χ1) is 12.3. The number of aryl methyl sites for hydroxylation is 1. The number of benzene rings is 1. The summed E-state index contributed by atoms with van der Waals surface area (Å²) in [7, 11) is 1.66. The molecule has 0 radical (unpaired) electrons. The lowest BCUT2D eigenvalue weighted by atomic mass is 9.93. The molecule has 1 aromatic heterocycles. The molecule has 0 unspecified atom stereocenters. The monoisotopic (exact) mass is 378 g/mol. The molecule has 2 heterocycles. The number of nitrogens with zero attached hydrogens (tertiary/aromatic N) is 2. The Morgan fingerprint density at radius 3 is 2.58 bits per heavy atom. The number of anilines is 1.